The van der Waals surface area contributed by atoms with E-state index in [9.17, 15) is 22.8 Å². The quantitative estimate of drug-likeness (QED) is 0.571. The summed E-state index contributed by atoms with van der Waals surface area (Å²) in [4.78, 5) is 37.1. The summed E-state index contributed by atoms with van der Waals surface area (Å²) in [6.07, 6.45) is 0.511. The highest BCUT2D eigenvalue weighted by Crippen LogP contribution is 2.23. The molecule has 0 unspecified atom stereocenters. The van der Waals surface area contributed by atoms with Gasteiger partial charge in [0.05, 0.1) is 29.2 Å². The standard InChI is InChI=1S/C16H17NO6S/c18-14(9-11-5-8-24(21,22)10-11)23-7-6-17-15(19)12-3-1-2-4-13(12)16(17)20/h1-4,11H,5-10H2/t11-/m0/s1. The second-order valence-corrected chi connectivity index (χ2v) is 8.23. The van der Waals surface area contributed by atoms with Gasteiger partial charge in [0, 0.05) is 6.42 Å². The van der Waals surface area contributed by atoms with Crippen molar-refractivity contribution in [1.29, 1.82) is 0 Å². The van der Waals surface area contributed by atoms with Crippen LogP contribution in [0.5, 0.6) is 0 Å². The molecular weight excluding hydrogens is 334 g/mol. The molecule has 128 valence electrons. The summed E-state index contributed by atoms with van der Waals surface area (Å²) in [5, 5.41) is 0. The first-order valence-electron chi connectivity index (χ1n) is 7.68. The summed E-state index contributed by atoms with van der Waals surface area (Å²) in [5.41, 5.74) is 0.704. The molecule has 0 radical (unpaired) electrons. The van der Waals surface area contributed by atoms with Crippen LogP contribution in [0.4, 0.5) is 0 Å². The molecule has 24 heavy (non-hydrogen) atoms. The minimum absolute atomic E-state index is 0.0128. The lowest BCUT2D eigenvalue weighted by molar-refractivity contribution is -0.144. The average molecular weight is 351 g/mol. The Labute approximate surface area is 139 Å². The minimum atomic E-state index is -3.03. The summed E-state index contributed by atoms with van der Waals surface area (Å²) in [6, 6.07) is 6.54. The number of benzene rings is 1. The van der Waals surface area contributed by atoms with Gasteiger partial charge in [-0.1, -0.05) is 12.1 Å². The van der Waals surface area contributed by atoms with Crippen LogP contribution in [0.15, 0.2) is 24.3 Å². The molecular formula is C16H17NO6S. The number of carbonyl (C=O) groups is 3. The number of ether oxygens (including phenoxy) is 1. The maximum atomic E-state index is 12.1. The van der Waals surface area contributed by atoms with Crippen molar-refractivity contribution in [2.75, 3.05) is 24.7 Å². The fraction of sp³-hybridized carbons (Fsp3) is 0.438. The van der Waals surface area contributed by atoms with Crippen LogP contribution >= 0.6 is 0 Å². The Balaban J connectivity index is 1.48. The van der Waals surface area contributed by atoms with E-state index in [4.69, 9.17) is 4.74 Å². The molecule has 2 aliphatic rings. The Kier molecular flexibility index (Phi) is 4.40. The van der Waals surface area contributed by atoms with Gasteiger partial charge in [-0.05, 0) is 24.5 Å². The zero-order valence-electron chi connectivity index (χ0n) is 12.9. The predicted octanol–water partition coefficient (Wildman–Crippen LogP) is 0.651. The molecule has 2 amide bonds. The van der Waals surface area contributed by atoms with Crippen molar-refractivity contribution < 1.29 is 27.5 Å². The third kappa shape index (κ3) is 3.33. The molecule has 1 aromatic carbocycles. The van der Waals surface area contributed by atoms with E-state index in [0.29, 0.717) is 17.5 Å². The first-order valence-corrected chi connectivity index (χ1v) is 9.51. The van der Waals surface area contributed by atoms with Crippen LogP contribution in [0.25, 0.3) is 0 Å². The second kappa shape index (κ2) is 6.35. The van der Waals surface area contributed by atoms with Gasteiger partial charge in [0.15, 0.2) is 9.84 Å². The number of amides is 2. The molecule has 2 heterocycles. The lowest BCUT2D eigenvalue weighted by atomic mass is 10.1. The van der Waals surface area contributed by atoms with Crippen LogP contribution in [0.3, 0.4) is 0 Å². The van der Waals surface area contributed by atoms with Crippen LogP contribution < -0.4 is 0 Å². The normalized spacial score (nSPS) is 21.8. The second-order valence-electron chi connectivity index (χ2n) is 6.00. The van der Waals surface area contributed by atoms with Gasteiger partial charge in [-0.3, -0.25) is 19.3 Å². The van der Waals surface area contributed by atoms with Crippen LogP contribution in [0.1, 0.15) is 33.6 Å². The van der Waals surface area contributed by atoms with Gasteiger partial charge >= 0.3 is 5.97 Å². The number of esters is 1. The highest BCUT2D eigenvalue weighted by molar-refractivity contribution is 7.91. The molecule has 0 N–H and O–H groups in total. The Hall–Kier alpha value is -2.22. The Morgan fingerprint density at radius 3 is 2.33 bits per heavy atom. The number of hydrogen-bond donors (Lipinski definition) is 0. The predicted molar refractivity (Wildman–Crippen MR) is 84.1 cm³/mol. The number of rotatable bonds is 5. The first-order chi connectivity index (χ1) is 11.4. The van der Waals surface area contributed by atoms with Gasteiger partial charge < -0.3 is 4.74 Å². The van der Waals surface area contributed by atoms with Crippen molar-refractivity contribution in [1.82, 2.24) is 4.90 Å². The summed E-state index contributed by atoms with van der Waals surface area (Å²) < 4.78 is 27.8. The van der Waals surface area contributed by atoms with E-state index >= 15 is 0 Å². The largest absolute Gasteiger partial charge is 0.464 e. The lowest BCUT2D eigenvalue weighted by Crippen LogP contribution is -2.33. The molecule has 1 saturated heterocycles. The number of sulfone groups is 1. The van der Waals surface area contributed by atoms with Crippen LogP contribution in [-0.2, 0) is 19.4 Å². The molecule has 0 spiro atoms. The van der Waals surface area contributed by atoms with Crippen molar-refractivity contribution in [2.45, 2.75) is 12.8 Å². The van der Waals surface area contributed by atoms with E-state index in [1.807, 2.05) is 0 Å². The van der Waals surface area contributed by atoms with E-state index in [2.05, 4.69) is 0 Å². The molecule has 1 fully saturated rings. The Morgan fingerprint density at radius 2 is 1.79 bits per heavy atom. The van der Waals surface area contributed by atoms with Crippen LogP contribution in [0.2, 0.25) is 0 Å². The number of imide groups is 1. The summed E-state index contributed by atoms with van der Waals surface area (Å²) >= 11 is 0. The first kappa shape index (κ1) is 16.6. The number of carbonyl (C=O) groups excluding carboxylic acids is 3. The van der Waals surface area contributed by atoms with Crippen molar-refractivity contribution in [2.24, 2.45) is 5.92 Å². The smallest absolute Gasteiger partial charge is 0.306 e. The molecule has 0 bridgehead atoms. The molecule has 3 rings (SSSR count). The number of hydrogen-bond acceptors (Lipinski definition) is 6. The van der Waals surface area contributed by atoms with Crippen LogP contribution in [-0.4, -0.2) is 55.8 Å². The van der Waals surface area contributed by atoms with E-state index in [0.717, 1.165) is 4.90 Å². The van der Waals surface area contributed by atoms with E-state index in [-0.39, 0.29) is 37.0 Å². The third-order valence-electron chi connectivity index (χ3n) is 4.24. The van der Waals surface area contributed by atoms with Gasteiger partial charge in [0.2, 0.25) is 0 Å². The highest BCUT2D eigenvalue weighted by Gasteiger charge is 2.35. The van der Waals surface area contributed by atoms with E-state index < -0.39 is 27.6 Å². The van der Waals surface area contributed by atoms with Crippen molar-refractivity contribution >= 4 is 27.6 Å². The van der Waals surface area contributed by atoms with E-state index in [1.54, 1.807) is 24.3 Å². The topological polar surface area (TPSA) is 97.8 Å². The highest BCUT2D eigenvalue weighted by atomic mass is 32.2. The maximum Gasteiger partial charge on any atom is 0.306 e. The maximum absolute atomic E-state index is 12.1. The molecule has 8 heteroatoms. The molecule has 0 saturated carbocycles. The Morgan fingerprint density at radius 1 is 1.17 bits per heavy atom. The summed E-state index contributed by atoms with van der Waals surface area (Å²) in [6.45, 7) is -0.106. The Bertz CT molecular complexity index is 766. The van der Waals surface area contributed by atoms with Gasteiger partial charge in [0.25, 0.3) is 11.8 Å². The summed E-state index contributed by atoms with van der Waals surface area (Å²) in [5.74, 6) is -1.38. The SMILES string of the molecule is O=C(C[C@@H]1CCS(=O)(=O)C1)OCCN1C(=O)c2ccccc2C1=O. The summed E-state index contributed by atoms with van der Waals surface area (Å²) in [7, 11) is -3.03. The van der Waals surface area contributed by atoms with Crippen molar-refractivity contribution in [3.05, 3.63) is 35.4 Å². The third-order valence-corrected chi connectivity index (χ3v) is 6.08. The van der Waals surface area contributed by atoms with Gasteiger partial charge in [-0.25, -0.2) is 8.42 Å². The van der Waals surface area contributed by atoms with Crippen molar-refractivity contribution in [3.8, 4) is 0 Å². The minimum Gasteiger partial charge on any atom is -0.464 e. The lowest BCUT2D eigenvalue weighted by Gasteiger charge is -2.14. The van der Waals surface area contributed by atoms with Crippen LogP contribution in [0, 0.1) is 5.92 Å². The number of fused-ring (bicyclic) bond motifs is 1. The zero-order chi connectivity index (χ0) is 17.3. The van der Waals surface area contributed by atoms with Crippen molar-refractivity contribution in [3.63, 3.8) is 0 Å². The van der Waals surface area contributed by atoms with Gasteiger partial charge in [0.1, 0.15) is 6.61 Å². The molecule has 2 aliphatic heterocycles. The zero-order valence-corrected chi connectivity index (χ0v) is 13.8. The molecule has 1 atom stereocenters. The molecule has 7 nitrogen and oxygen atoms in total. The van der Waals surface area contributed by atoms with E-state index in [1.165, 1.54) is 0 Å². The molecule has 0 aromatic heterocycles. The monoisotopic (exact) mass is 351 g/mol. The molecule has 0 aliphatic carbocycles. The average Bonchev–Trinajstić information content (AvgIpc) is 2.99. The molecule has 1 aromatic rings. The van der Waals surface area contributed by atoms with Gasteiger partial charge in [-0.15, -0.1) is 0 Å². The fourth-order valence-electron chi connectivity index (χ4n) is 3.02. The number of nitrogens with zero attached hydrogens (tertiary/aromatic N) is 1. The van der Waals surface area contributed by atoms with Gasteiger partial charge in [-0.2, -0.15) is 0 Å². The fourth-order valence-corrected chi connectivity index (χ4v) is 4.88.